The van der Waals surface area contributed by atoms with Crippen LogP contribution in [0.15, 0.2) is 35.9 Å². The Balaban J connectivity index is 3.06. The molecule has 1 rings (SSSR count). The molecule has 0 aliphatic heterocycles. The molecule has 0 aromatic heterocycles. The molecule has 2 unspecified atom stereocenters. The summed E-state index contributed by atoms with van der Waals surface area (Å²) in [4.78, 5) is 11.8. The van der Waals surface area contributed by atoms with E-state index in [1.54, 1.807) is 6.92 Å². The predicted molar refractivity (Wildman–Crippen MR) is 99.8 cm³/mol. The van der Waals surface area contributed by atoms with Crippen molar-refractivity contribution in [3.63, 3.8) is 0 Å². The van der Waals surface area contributed by atoms with Crippen LogP contribution in [0.25, 0.3) is 6.08 Å². The zero-order valence-electron chi connectivity index (χ0n) is 15.3. The highest BCUT2D eigenvalue weighted by molar-refractivity contribution is 5.76. The van der Waals surface area contributed by atoms with Crippen LogP contribution >= 0.6 is 0 Å². The van der Waals surface area contributed by atoms with Gasteiger partial charge in [-0.1, -0.05) is 75.9 Å². The minimum absolute atomic E-state index is 0.463. The van der Waals surface area contributed by atoms with Crippen LogP contribution in [0.5, 0.6) is 0 Å². The standard InChI is InChI=1S/C21H32O3/c1-4-6-7-11-14-18(16-17-12-9-8-10-13-17)19(22)21(3,15-5-2)20(23)24/h8-10,12-13,16,19,22H,4-7,11,14-15H2,1-3H3,(H,23,24)/b18-16+. The number of carboxylic acid groups (broad SMARTS) is 1. The Morgan fingerprint density at radius 1 is 1.12 bits per heavy atom. The zero-order valence-corrected chi connectivity index (χ0v) is 15.3. The van der Waals surface area contributed by atoms with Crippen LogP contribution in [0.2, 0.25) is 0 Å². The van der Waals surface area contributed by atoms with Crippen LogP contribution in [0.1, 0.15) is 71.3 Å². The van der Waals surface area contributed by atoms with Gasteiger partial charge < -0.3 is 10.2 Å². The first-order valence-corrected chi connectivity index (χ1v) is 9.12. The van der Waals surface area contributed by atoms with E-state index >= 15 is 0 Å². The summed E-state index contributed by atoms with van der Waals surface area (Å²) in [5.74, 6) is -0.927. The first-order chi connectivity index (χ1) is 11.5. The monoisotopic (exact) mass is 332 g/mol. The lowest BCUT2D eigenvalue weighted by atomic mass is 9.75. The summed E-state index contributed by atoms with van der Waals surface area (Å²) in [6.45, 7) is 5.78. The molecule has 0 heterocycles. The van der Waals surface area contributed by atoms with Crippen LogP contribution < -0.4 is 0 Å². The van der Waals surface area contributed by atoms with E-state index in [0.29, 0.717) is 6.42 Å². The molecular weight excluding hydrogens is 300 g/mol. The zero-order chi connectivity index (χ0) is 18.0. The van der Waals surface area contributed by atoms with Crippen molar-refractivity contribution in [3.05, 3.63) is 41.5 Å². The third-order valence-electron chi connectivity index (χ3n) is 4.68. The van der Waals surface area contributed by atoms with Crippen LogP contribution in [-0.4, -0.2) is 22.3 Å². The topological polar surface area (TPSA) is 57.5 Å². The third-order valence-corrected chi connectivity index (χ3v) is 4.68. The fourth-order valence-corrected chi connectivity index (χ4v) is 3.10. The number of carbonyl (C=O) groups is 1. The molecule has 1 aromatic rings. The Hall–Kier alpha value is -1.61. The van der Waals surface area contributed by atoms with Gasteiger partial charge in [-0.15, -0.1) is 0 Å². The van der Waals surface area contributed by atoms with Crippen molar-refractivity contribution >= 4 is 12.0 Å². The Bertz CT molecular complexity index is 521. The molecule has 0 radical (unpaired) electrons. The maximum Gasteiger partial charge on any atom is 0.312 e. The SMILES string of the molecule is CCCCCC/C(=C\c1ccccc1)C(O)C(C)(CCC)C(=O)O. The second-order valence-corrected chi connectivity index (χ2v) is 6.82. The second kappa shape index (κ2) is 10.3. The Morgan fingerprint density at radius 3 is 2.33 bits per heavy atom. The number of aliphatic hydroxyl groups excluding tert-OH is 1. The smallest absolute Gasteiger partial charge is 0.312 e. The molecule has 1 aromatic carbocycles. The first kappa shape index (κ1) is 20.4. The van der Waals surface area contributed by atoms with E-state index in [2.05, 4.69) is 6.92 Å². The number of rotatable bonds is 11. The number of benzene rings is 1. The number of hydrogen-bond donors (Lipinski definition) is 2. The quantitative estimate of drug-likeness (QED) is 0.541. The van der Waals surface area contributed by atoms with Gasteiger partial charge in [0.25, 0.3) is 0 Å². The second-order valence-electron chi connectivity index (χ2n) is 6.82. The van der Waals surface area contributed by atoms with Crippen LogP contribution in [0, 0.1) is 5.41 Å². The van der Waals surface area contributed by atoms with Crippen molar-refractivity contribution in [1.82, 2.24) is 0 Å². The molecule has 0 amide bonds. The molecule has 24 heavy (non-hydrogen) atoms. The van der Waals surface area contributed by atoms with Gasteiger partial charge in [0.2, 0.25) is 0 Å². The fourth-order valence-electron chi connectivity index (χ4n) is 3.10. The van der Waals surface area contributed by atoms with Gasteiger partial charge in [-0.25, -0.2) is 0 Å². The summed E-state index contributed by atoms with van der Waals surface area (Å²) in [6, 6.07) is 9.82. The van der Waals surface area contributed by atoms with Crippen LogP contribution in [0.3, 0.4) is 0 Å². The summed E-state index contributed by atoms with van der Waals surface area (Å²) in [5.41, 5.74) is 0.696. The molecule has 3 nitrogen and oxygen atoms in total. The van der Waals surface area contributed by atoms with Gasteiger partial charge in [-0.2, -0.15) is 0 Å². The molecule has 0 aliphatic rings. The fraction of sp³-hybridized carbons (Fsp3) is 0.571. The number of aliphatic carboxylic acids is 1. The van der Waals surface area contributed by atoms with Gasteiger partial charge in [0.1, 0.15) is 0 Å². The van der Waals surface area contributed by atoms with E-state index in [4.69, 9.17) is 0 Å². The average molecular weight is 332 g/mol. The maximum atomic E-state index is 11.8. The summed E-state index contributed by atoms with van der Waals surface area (Å²) >= 11 is 0. The molecule has 0 spiro atoms. The van der Waals surface area contributed by atoms with E-state index in [0.717, 1.165) is 43.2 Å². The molecule has 0 fully saturated rings. The summed E-state index contributed by atoms with van der Waals surface area (Å²) in [7, 11) is 0. The lowest BCUT2D eigenvalue weighted by molar-refractivity contribution is -0.154. The summed E-state index contributed by atoms with van der Waals surface area (Å²) in [5, 5.41) is 20.6. The first-order valence-electron chi connectivity index (χ1n) is 9.12. The van der Waals surface area contributed by atoms with Gasteiger partial charge in [0.05, 0.1) is 11.5 Å². The average Bonchev–Trinajstić information content (AvgIpc) is 2.58. The number of carboxylic acids is 1. The van der Waals surface area contributed by atoms with E-state index < -0.39 is 17.5 Å². The van der Waals surface area contributed by atoms with Crippen molar-refractivity contribution in [1.29, 1.82) is 0 Å². The molecular formula is C21H32O3. The molecule has 0 aliphatic carbocycles. The van der Waals surface area contributed by atoms with Crippen molar-refractivity contribution in [2.45, 2.75) is 71.8 Å². The Kier molecular flexibility index (Phi) is 8.77. The van der Waals surface area contributed by atoms with E-state index in [1.165, 1.54) is 6.42 Å². The molecule has 2 atom stereocenters. The van der Waals surface area contributed by atoms with Crippen molar-refractivity contribution < 1.29 is 15.0 Å². The van der Waals surface area contributed by atoms with Gasteiger partial charge in [-0.3, -0.25) is 4.79 Å². The van der Waals surface area contributed by atoms with Gasteiger partial charge in [0.15, 0.2) is 0 Å². The highest BCUT2D eigenvalue weighted by Gasteiger charge is 2.41. The lowest BCUT2D eigenvalue weighted by Crippen LogP contribution is -2.41. The summed E-state index contributed by atoms with van der Waals surface area (Å²) in [6.07, 6.45) is 7.34. The maximum absolute atomic E-state index is 11.8. The van der Waals surface area contributed by atoms with Crippen molar-refractivity contribution in [2.24, 2.45) is 5.41 Å². The molecule has 0 bridgehead atoms. The Labute approximate surface area is 146 Å². The minimum Gasteiger partial charge on any atom is -0.481 e. The molecule has 3 heteroatoms. The number of aliphatic hydroxyl groups is 1. The number of unbranched alkanes of at least 4 members (excludes halogenated alkanes) is 3. The van der Waals surface area contributed by atoms with E-state index in [-0.39, 0.29) is 0 Å². The van der Waals surface area contributed by atoms with Gasteiger partial charge in [0, 0.05) is 0 Å². The highest BCUT2D eigenvalue weighted by atomic mass is 16.4. The number of hydrogen-bond acceptors (Lipinski definition) is 2. The van der Waals surface area contributed by atoms with Crippen LogP contribution in [-0.2, 0) is 4.79 Å². The minimum atomic E-state index is -1.14. The van der Waals surface area contributed by atoms with E-state index in [1.807, 2.05) is 43.3 Å². The summed E-state index contributed by atoms with van der Waals surface area (Å²) < 4.78 is 0. The van der Waals surface area contributed by atoms with E-state index in [9.17, 15) is 15.0 Å². The largest absolute Gasteiger partial charge is 0.481 e. The van der Waals surface area contributed by atoms with Gasteiger partial charge >= 0.3 is 5.97 Å². The lowest BCUT2D eigenvalue weighted by Gasteiger charge is -2.32. The molecule has 134 valence electrons. The van der Waals surface area contributed by atoms with Crippen molar-refractivity contribution in [3.8, 4) is 0 Å². The van der Waals surface area contributed by atoms with Crippen molar-refractivity contribution in [2.75, 3.05) is 0 Å². The van der Waals surface area contributed by atoms with Crippen LogP contribution in [0.4, 0.5) is 0 Å². The highest BCUT2D eigenvalue weighted by Crippen LogP contribution is 2.35. The molecule has 0 saturated carbocycles. The molecule has 2 N–H and O–H groups in total. The predicted octanol–water partition coefficient (Wildman–Crippen LogP) is 5.29. The normalized spacial score (nSPS) is 15.8. The molecule has 0 saturated heterocycles. The Morgan fingerprint density at radius 2 is 1.79 bits per heavy atom. The third kappa shape index (κ3) is 5.79. The van der Waals surface area contributed by atoms with Gasteiger partial charge in [-0.05, 0) is 37.3 Å².